The molecule has 1 aromatic rings. The molecule has 2 unspecified atom stereocenters. The third kappa shape index (κ3) is 3.20. The molecule has 2 heterocycles. The van der Waals surface area contributed by atoms with Gasteiger partial charge in [0, 0.05) is 13.1 Å². The topological polar surface area (TPSA) is 32.3 Å². The van der Waals surface area contributed by atoms with Gasteiger partial charge in [-0.25, -0.2) is 0 Å². The summed E-state index contributed by atoms with van der Waals surface area (Å²) in [6, 6.07) is 5.86. The maximum Gasteiger partial charge on any atom is 0.227 e. The highest BCUT2D eigenvalue weighted by Gasteiger charge is 2.34. The van der Waals surface area contributed by atoms with Gasteiger partial charge in [-0.1, -0.05) is 29.3 Å². The Morgan fingerprint density at radius 2 is 2.05 bits per heavy atom. The third-order valence-electron chi connectivity index (χ3n) is 4.51. The number of nitrogens with one attached hydrogen (secondary N) is 1. The number of likely N-dealkylation sites (tertiary alicyclic amines) is 1. The number of amides is 1. The lowest BCUT2D eigenvalue weighted by Crippen LogP contribution is -2.42. The molecule has 2 aliphatic heterocycles. The summed E-state index contributed by atoms with van der Waals surface area (Å²) in [7, 11) is 0. The molecule has 3 rings (SSSR count). The number of benzene rings is 1. The lowest BCUT2D eigenvalue weighted by molar-refractivity contribution is -0.137. The monoisotopic (exact) mass is 326 g/mol. The molecule has 2 atom stereocenters. The fourth-order valence-corrected chi connectivity index (χ4v) is 3.70. The summed E-state index contributed by atoms with van der Waals surface area (Å²) in [4.78, 5) is 14.8. The van der Waals surface area contributed by atoms with Gasteiger partial charge < -0.3 is 10.2 Å². The van der Waals surface area contributed by atoms with Crippen molar-refractivity contribution in [3.63, 3.8) is 0 Å². The van der Waals surface area contributed by atoms with E-state index in [1.54, 1.807) is 0 Å². The van der Waals surface area contributed by atoms with Crippen molar-refractivity contribution in [2.45, 2.75) is 31.7 Å². The SMILES string of the molecule is O=C(C1CCCNC1)N1CCCC1c1ccc(Cl)c(Cl)c1. The molecule has 0 bridgehead atoms. The van der Waals surface area contributed by atoms with Crippen LogP contribution in [0, 0.1) is 5.92 Å². The zero-order chi connectivity index (χ0) is 14.8. The molecule has 3 nitrogen and oxygen atoms in total. The Hall–Kier alpha value is -0.770. The predicted molar refractivity (Wildman–Crippen MR) is 85.7 cm³/mol. The standard InChI is InChI=1S/C16H20Cl2N2O/c17-13-6-5-11(9-14(13)18)15-4-2-8-20(15)16(21)12-3-1-7-19-10-12/h5-6,9,12,15,19H,1-4,7-8,10H2. The largest absolute Gasteiger partial charge is 0.335 e. The molecule has 0 spiro atoms. The van der Waals surface area contributed by atoms with Gasteiger partial charge in [-0.3, -0.25) is 4.79 Å². The van der Waals surface area contributed by atoms with Crippen molar-refractivity contribution in [1.29, 1.82) is 0 Å². The van der Waals surface area contributed by atoms with E-state index in [1.165, 1.54) is 0 Å². The fraction of sp³-hybridized carbons (Fsp3) is 0.562. The second kappa shape index (κ2) is 6.55. The number of rotatable bonds is 2. The van der Waals surface area contributed by atoms with Crippen LogP contribution >= 0.6 is 23.2 Å². The summed E-state index contributed by atoms with van der Waals surface area (Å²) >= 11 is 12.1. The quantitative estimate of drug-likeness (QED) is 0.899. The van der Waals surface area contributed by atoms with Crippen molar-refractivity contribution < 1.29 is 4.79 Å². The summed E-state index contributed by atoms with van der Waals surface area (Å²) in [5, 5.41) is 4.45. The summed E-state index contributed by atoms with van der Waals surface area (Å²) < 4.78 is 0. The lowest BCUT2D eigenvalue weighted by atomic mass is 9.96. The Labute approximate surface area is 135 Å². The average molecular weight is 327 g/mol. The highest BCUT2D eigenvalue weighted by molar-refractivity contribution is 6.42. The van der Waals surface area contributed by atoms with E-state index in [0.717, 1.165) is 50.9 Å². The summed E-state index contributed by atoms with van der Waals surface area (Å²) in [5.74, 6) is 0.415. The molecule has 0 aromatic heterocycles. The van der Waals surface area contributed by atoms with Gasteiger partial charge in [0.2, 0.25) is 5.91 Å². The van der Waals surface area contributed by atoms with E-state index >= 15 is 0 Å². The first-order chi connectivity index (χ1) is 10.2. The Balaban J connectivity index is 1.78. The van der Waals surface area contributed by atoms with Gasteiger partial charge in [-0.2, -0.15) is 0 Å². The van der Waals surface area contributed by atoms with Gasteiger partial charge in [-0.15, -0.1) is 0 Å². The molecule has 1 aromatic carbocycles. The van der Waals surface area contributed by atoms with Gasteiger partial charge in [0.05, 0.1) is 22.0 Å². The van der Waals surface area contributed by atoms with Crippen molar-refractivity contribution in [3.8, 4) is 0 Å². The molecule has 5 heteroatoms. The maximum atomic E-state index is 12.8. The second-order valence-electron chi connectivity index (χ2n) is 5.91. The highest BCUT2D eigenvalue weighted by Crippen LogP contribution is 2.36. The number of piperidine rings is 1. The molecular weight excluding hydrogens is 307 g/mol. The molecule has 2 fully saturated rings. The maximum absolute atomic E-state index is 12.8. The van der Waals surface area contributed by atoms with Crippen LogP contribution in [0.25, 0.3) is 0 Å². The molecule has 0 radical (unpaired) electrons. The fourth-order valence-electron chi connectivity index (χ4n) is 3.39. The first-order valence-electron chi connectivity index (χ1n) is 7.63. The van der Waals surface area contributed by atoms with Crippen LogP contribution in [0.3, 0.4) is 0 Å². The van der Waals surface area contributed by atoms with Gasteiger partial charge in [0.25, 0.3) is 0 Å². The molecule has 1 N–H and O–H groups in total. The smallest absolute Gasteiger partial charge is 0.227 e. The average Bonchev–Trinajstić information content (AvgIpc) is 2.99. The number of nitrogens with zero attached hydrogens (tertiary/aromatic N) is 1. The summed E-state index contributed by atoms with van der Waals surface area (Å²) in [5.41, 5.74) is 1.10. The normalized spacial score (nSPS) is 26.1. The third-order valence-corrected chi connectivity index (χ3v) is 5.25. The van der Waals surface area contributed by atoms with Crippen LogP contribution in [0.1, 0.15) is 37.3 Å². The summed E-state index contributed by atoms with van der Waals surface area (Å²) in [6.07, 6.45) is 4.14. The van der Waals surface area contributed by atoms with Crippen molar-refractivity contribution in [2.75, 3.05) is 19.6 Å². The van der Waals surface area contributed by atoms with Crippen LogP contribution in [0.5, 0.6) is 0 Å². The van der Waals surface area contributed by atoms with Gasteiger partial charge in [0.15, 0.2) is 0 Å². The predicted octanol–water partition coefficient (Wildman–Crippen LogP) is 3.66. The Kier molecular flexibility index (Phi) is 4.72. The zero-order valence-electron chi connectivity index (χ0n) is 11.9. The van der Waals surface area contributed by atoms with Crippen LogP contribution in [0.2, 0.25) is 10.0 Å². The number of halogens is 2. The van der Waals surface area contributed by atoms with E-state index in [0.29, 0.717) is 10.0 Å². The zero-order valence-corrected chi connectivity index (χ0v) is 13.5. The van der Waals surface area contributed by atoms with E-state index in [-0.39, 0.29) is 17.9 Å². The molecule has 114 valence electrons. The van der Waals surface area contributed by atoms with Crippen LogP contribution in [-0.4, -0.2) is 30.4 Å². The van der Waals surface area contributed by atoms with Crippen LogP contribution in [-0.2, 0) is 4.79 Å². The first kappa shape index (κ1) is 15.1. The van der Waals surface area contributed by atoms with Gasteiger partial charge in [-0.05, 0) is 49.9 Å². The molecule has 0 saturated carbocycles. The Bertz CT molecular complexity index is 529. The van der Waals surface area contributed by atoms with Crippen LogP contribution in [0.15, 0.2) is 18.2 Å². The highest BCUT2D eigenvalue weighted by atomic mass is 35.5. The number of hydrogen-bond acceptors (Lipinski definition) is 2. The molecule has 0 aliphatic carbocycles. The molecule has 2 aliphatic rings. The molecular formula is C16H20Cl2N2O. The van der Waals surface area contributed by atoms with Crippen molar-refractivity contribution >= 4 is 29.1 Å². The minimum absolute atomic E-state index is 0.127. The van der Waals surface area contributed by atoms with Gasteiger partial charge >= 0.3 is 0 Å². The Morgan fingerprint density at radius 3 is 2.76 bits per heavy atom. The van der Waals surface area contributed by atoms with Gasteiger partial charge in [0.1, 0.15) is 0 Å². The van der Waals surface area contributed by atoms with Crippen LogP contribution < -0.4 is 5.32 Å². The Morgan fingerprint density at radius 1 is 1.19 bits per heavy atom. The number of carbonyl (C=O) groups excluding carboxylic acids is 1. The van der Waals surface area contributed by atoms with E-state index in [9.17, 15) is 4.79 Å². The minimum atomic E-state index is 0.127. The van der Waals surface area contributed by atoms with Crippen molar-refractivity contribution in [3.05, 3.63) is 33.8 Å². The van der Waals surface area contributed by atoms with E-state index in [1.807, 2.05) is 23.1 Å². The van der Waals surface area contributed by atoms with E-state index in [4.69, 9.17) is 23.2 Å². The van der Waals surface area contributed by atoms with Crippen LogP contribution in [0.4, 0.5) is 0 Å². The second-order valence-corrected chi connectivity index (χ2v) is 6.72. The molecule has 21 heavy (non-hydrogen) atoms. The lowest BCUT2D eigenvalue weighted by Gasteiger charge is -2.31. The number of hydrogen-bond donors (Lipinski definition) is 1. The van der Waals surface area contributed by atoms with Crippen molar-refractivity contribution in [2.24, 2.45) is 5.92 Å². The summed E-state index contributed by atoms with van der Waals surface area (Å²) in [6.45, 7) is 2.68. The molecule has 1 amide bonds. The van der Waals surface area contributed by atoms with E-state index < -0.39 is 0 Å². The number of carbonyl (C=O) groups is 1. The first-order valence-corrected chi connectivity index (χ1v) is 8.38. The minimum Gasteiger partial charge on any atom is -0.335 e. The van der Waals surface area contributed by atoms with E-state index in [2.05, 4.69) is 5.32 Å². The van der Waals surface area contributed by atoms with Crippen molar-refractivity contribution in [1.82, 2.24) is 10.2 Å². The molecule has 2 saturated heterocycles.